The summed E-state index contributed by atoms with van der Waals surface area (Å²) in [6, 6.07) is 15.3. The topological polar surface area (TPSA) is 97.2 Å². The lowest BCUT2D eigenvalue weighted by molar-refractivity contribution is 0.416. The van der Waals surface area contributed by atoms with Crippen LogP contribution in [0.5, 0.6) is 0 Å². The zero-order valence-corrected chi connectivity index (χ0v) is 20.4. The first kappa shape index (κ1) is 23.3. The predicted molar refractivity (Wildman–Crippen MR) is 139 cm³/mol. The number of nitrogen functional groups attached to an aromatic ring is 1. The van der Waals surface area contributed by atoms with Crippen LogP contribution in [0, 0.1) is 0 Å². The Labute approximate surface area is 199 Å². The van der Waals surface area contributed by atoms with Gasteiger partial charge in [-0.3, -0.25) is 4.57 Å². The van der Waals surface area contributed by atoms with Crippen LogP contribution in [0.3, 0.4) is 0 Å². The molecule has 0 bridgehead atoms. The molecule has 2 aromatic carbocycles. The molecule has 3 N–H and O–H groups in total. The molecule has 0 spiro atoms. The van der Waals surface area contributed by atoms with Gasteiger partial charge in [0.25, 0.3) is 0 Å². The Bertz CT molecular complexity index is 1350. The van der Waals surface area contributed by atoms with Crippen LogP contribution in [0.2, 0.25) is 0 Å². The van der Waals surface area contributed by atoms with Gasteiger partial charge in [0.05, 0.1) is 22.4 Å². The van der Waals surface area contributed by atoms with Crippen LogP contribution >= 0.6 is 0 Å². The van der Waals surface area contributed by atoms with Crippen LogP contribution in [0.15, 0.2) is 59.5 Å². The maximum Gasteiger partial charge on any atom is 0.335 e. The summed E-state index contributed by atoms with van der Waals surface area (Å²) in [6.45, 7) is 5.80. The fourth-order valence-electron chi connectivity index (χ4n) is 4.00. The highest BCUT2D eigenvalue weighted by Crippen LogP contribution is 2.27. The Kier molecular flexibility index (Phi) is 6.56. The molecular weight excluding hydrogens is 428 g/mol. The summed E-state index contributed by atoms with van der Waals surface area (Å²) in [5.41, 5.74) is 10.3. The third kappa shape index (κ3) is 4.60. The van der Waals surface area contributed by atoms with Gasteiger partial charge in [0.2, 0.25) is 5.95 Å². The van der Waals surface area contributed by atoms with Gasteiger partial charge in [-0.15, -0.1) is 0 Å². The van der Waals surface area contributed by atoms with Crippen LogP contribution in [-0.4, -0.2) is 58.2 Å². The first-order chi connectivity index (χ1) is 16.3. The Morgan fingerprint density at radius 1 is 1.03 bits per heavy atom. The number of nitrogens with two attached hydrogens (primary N) is 1. The third-order valence-electron chi connectivity index (χ3n) is 5.74. The van der Waals surface area contributed by atoms with Gasteiger partial charge >= 0.3 is 5.69 Å². The number of hydrogen-bond acceptors (Lipinski definition) is 7. The van der Waals surface area contributed by atoms with Crippen LogP contribution in [0.4, 0.5) is 23.0 Å². The van der Waals surface area contributed by atoms with Gasteiger partial charge in [0, 0.05) is 44.1 Å². The normalized spacial score (nSPS) is 11.5. The molecule has 2 aromatic heterocycles. The molecule has 4 aromatic rings. The number of likely N-dealkylation sites (N-methyl/N-ethyl adjacent to an activating group) is 2. The third-order valence-corrected chi connectivity index (χ3v) is 5.74. The Hall–Kier alpha value is -3.85. The van der Waals surface area contributed by atoms with E-state index in [2.05, 4.69) is 25.1 Å². The maximum absolute atomic E-state index is 13.3. The average molecular weight is 461 g/mol. The Balaban J connectivity index is 1.63. The van der Waals surface area contributed by atoms with E-state index in [1.54, 1.807) is 21.4 Å². The van der Waals surface area contributed by atoms with E-state index < -0.39 is 0 Å². The molecule has 0 fully saturated rings. The van der Waals surface area contributed by atoms with Crippen molar-refractivity contribution in [2.75, 3.05) is 50.2 Å². The fourth-order valence-corrected chi connectivity index (χ4v) is 4.00. The quantitative estimate of drug-likeness (QED) is 0.389. The molecule has 0 aliphatic rings. The Morgan fingerprint density at radius 2 is 1.76 bits per heavy atom. The molecule has 178 valence electrons. The van der Waals surface area contributed by atoms with Crippen molar-refractivity contribution < 1.29 is 0 Å². The van der Waals surface area contributed by atoms with Gasteiger partial charge in [-0.05, 0) is 58.3 Å². The standard InChI is InChI=1S/C25H32N8O/c1-17(2)32-21-8-6-7-9-22(21)33(25(32)34)23-12-13-27-24(29-23)28-18-10-11-20(19(26)16-18)31(5)15-14-30(3)4/h6-13,16-17H,14-15,26H2,1-5H3,(H,27,28,29). The van der Waals surface area contributed by atoms with E-state index in [-0.39, 0.29) is 11.7 Å². The summed E-state index contributed by atoms with van der Waals surface area (Å²) in [4.78, 5) is 26.5. The van der Waals surface area contributed by atoms with Crippen molar-refractivity contribution in [1.29, 1.82) is 0 Å². The predicted octanol–water partition coefficient (Wildman–Crippen LogP) is 3.49. The van der Waals surface area contributed by atoms with Gasteiger partial charge < -0.3 is 20.9 Å². The molecule has 0 aliphatic carbocycles. The van der Waals surface area contributed by atoms with Crippen molar-refractivity contribution in [1.82, 2.24) is 24.0 Å². The molecule has 2 heterocycles. The second-order valence-electron chi connectivity index (χ2n) is 8.93. The number of fused-ring (bicyclic) bond motifs is 1. The van der Waals surface area contributed by atoms with Crippen LogP contribution in [-0.2, 0) is 0 Å². The lowest BCUT2D eigenvalue weighted by Crippen LogP contribution is -2.28. The van der Waals surface area contributed by atoms with Crippen molar-refractivity contribution in [3.8, 4) is 5.82 Å². The van der Waals surface area contributed by atoms with Gasteiger partial charge in [-0.1, -0.05) is 12.1 Å². The second-order valence-corrected chi connectivity index (χ2v) is 8.93. The van der Waals surface area contributed by atoms with Crippen molar-refractivity contribution in [3.05, 3.63) is 65.2 Å². The lowest BCUT2D eigenvalue weighted by Gasteiger charge is -2.23. The van der Waals surface area contributed by atoms with E-state index in [9.17, 15) is 4.79 Å². The molecule has 0 saturated carbocycles. The number of imidazole rings is 1. The SMILES string of the molecule is CC(C)n1c(=O)n(-c2ccnc(Nc3ccc(N(C)CCN(C)C)c(N)c3)n2)c2ccccc21. The fraction of sp³-hybridized carbons (Fsp3) is 0.320. The van der Waals surface area contributed by atoms with E-state index in [0.29, 0.717) is 17.5 Å². The van der Waals surface area contributed by atoms with Crippen molar-refractivity contribution in [2.24, 2.45) is 0 Å². The zero-order valence-electron chi connectivity index (χ0n) is 20.4. The number of nitrogens with one attached hydrogen (secondary N) is 1. The van der Waals surface area contributed by atoms with E-state index in [0.717, 1.165) is 35.5 Å². The number of rotatable bonds is 8. The number of nitrogens with zero attached hydrogens (tertiary/aromatic N) is 6. The first-order valence-corrected chi connectivity index (χ1v) is 11.3. The van der Waals surface area contributed by atoms with E-state index in [1.165, 1.54) is 0 Å². The summed E-state index contributed by atoms with van der Waals surface area (Å²) in [7, 11) is 6.13. The Morgan fingerprint density at radius 3 is 2.44 bits per heavy atom. The molecule has 9 heteroatoms. The summed E-state index contributed by atoms with van der Waals surface area (Å²) in [5.74, 6) is 0.894. The molecule has 0 amide bonds. The second kappa shape index (κ2) is 9.56. The van der Waals surface area contributed by atoms with Crippen molar-refractivity contribution in [2.45, 2.75) is 19.9 Å². The molecule has 4 rings (SSSR count). The number of aromatic nitrogens is 4. The first-order valence-electron chi connectivity index (χ1n) is 11.3. The number of hydrogen-bond donors (Lipinski definition) is 2. The summed E-state index contributed by atoms with van der Waals surface area (Å²) in [5, 5.41) is 3.22. The minimum Gasteiger partial charge on any atom is -0.397 e. The zero-order chi connectivity index (χ0) is 24.4. The summed E-state index contributed by atoms with van der Waals surface area (Å²) >= 11 is 0. The van der Waals surface area contributed by atoms with Crippen LogP contribution in [0.25, 0.3) is 16.9 Å². The van der Waals surface area contributed by atoms with Gasteiger partial charge in [0.1, 0.15) is 5.82 Å². The number of para-hydroxylation sites is 2. The molecule has 34 heavy (non-hydrogen) atoms. The van der Waals surface area contributed by atoms with Crippen LogP contribution in [0.1, 0.15) is 19.9 Å². The lowest BCUT2D eigenvalue weighted by atomic mass is 10.2. The summed E-state index contributed by atoms with van der Waals surface area (Å²) < 4.78 is 3.40. The highest BCUT2D eigenvalue weighted by Gasteiger charge is 2.17. The van der Waals surface area contributed by atoms with Gasteiger partial charge in [-0.2, -0.15) is 4.98 Å². The molecule has 9 nitrogen and oxygen atoms in total. The van der Waals surface area contributed by atoms with Crippen molar-refractivity contribution in [3.63, 3.8) is 0 Å². The monoisotopic (exact) mass is 460 g/mol. The average Bonchev–Trinajstić information content (AvgIpc) is 3.09. The maximum atomic E-state index is 13.3. The molecule has 0 saturated heterocycles. The van der Waals surface area contributed by atoms with E-state index in [4.69, 9.17) is 5.73 Å². The minimum absolute atomic E-state index is 0.0235. The van der Waals surface area contributed by atoms with E-state index in [1.807, 2.05) is 77.5 Å². The highest BCUT2D eigenvalue weighted by molar-refractivity contribution is 5.78. The smallest absolute Gasteiger partial charge is 0.335 e. The molecule has 0 radical (unpaired) electrons. The molecule has 0 unspecified atom stereocenters. The molecular formula is C25H32N8O. The van der Waals surface area contributed by atoms with Gasteiger partial charge in [-0.25, -0.2) is 14.3 Å². The summed E-state index contributed by atoms with van der Waals surface area (Å²) in [6.07, 6.45) is 1.64. The largest absolute Gasteiger partial charge is 0.397 e. The van der Waals surface area contributed by atoms with Crippen LogP contribution < -0.4 is 21.6 Å². The van der Waals surface area contributed by atoms with E-state index >= 15 is 0 Å². The molecule has 0 atom stereocenters. The number of anilines is 4. The highest BCUT2D eigenvalue weighted by atomic mass is 16.1. The van der Waals surface area contributed by atoms with Crippen molar-refractivity contribution >= 4 is 34.0 Å². The number of benzene rings is 2. The molecule has 0 aliphatic heterocycles. The minimum atomic E-state index is -0.129. The van der Waals surface area contributed by atoms with Gasteiger partial charge in [0.15, 0.2) is 0 Å².